The molecule has 0 spiro atoms. The zero-order valence-electron chi connectivity index (χ0n) is 11.0. The van der Waals surface area contributed by atoms with E-state index in [2.05, 4.69) is 15.6 Å². The van der Waals surface area contributed by atoms with Crippen LogP contribution in [-0.4, -0.2) is 22.3 Å². The molecule has 3 rings (SSSR count). The molecule has 1 aromatic carbocycles. The molecule has 2 N–H and O–H groups in total. The quantitative estimate of drug-likeness (QED) is 0.766. The van der Waals surface area contributed by atoms with Crippen LogP contribution in [0.4, 0.5) is 11.4 Å². The van der Waals surface area contributed by atoms with E-state index in [1.165, 1.54) is 0 Å². The molecule has 0 atom stereocenters. The molecule has 3 aromatic rings. The Morgan fingerprint density at radius 3 is 2.65 bits per heavy atom. The van der Waals surface area contributed by atoms with Crippen LogP contribution in [0, 0.1) is 0 Å². The average Bonchev–Trinajstić information content (AvgIpc) is 2.91. The number of hydrogen-bond donors (Lipinski definition) is 2. The van der Waals surface area contributed by atoms with Crippen molar-refractivity contribution in [3.8, 4) is 0 Å². The second-order valence-electron chi connectivity index (χ2n) is 4.36. The lowest BCUT2D eigenvalue weighted by atomic mass is 10.3. The van der Waals surface area contributed by atoms with Gasteiger partial charge in [0, 0.05) is 18.9 Å². The molecular formula is C15H14N4O. The van der Waals surface area contributed by atoms with Crippen LogP contribution < -0.4 is 10.6 Å². The first-order valence-electron chi connectivity index (χ1n) is 6.29. The minimum Gasteiger partial charge on any atom is -0.387 e. The number of nitrogens with zero attached hydrogens (tertiary/aromatic N) is 2. The Labute approximate surface area is 116 Å². The van der Waals surface area contributed by atoms with Crippen LogP contribution in [0.3, 0.4) is 0 Å². The van der Waals surface area contributed by atoms with Crippen molar-refractivity contribution in [2.75, 3.05) is 17.7 Å². The van der Waals surface area contributed by atoms with E-state index in [0.29, 0.717) is 5.69 Å². The van der Waals surface area contributed by atoms with Gasteiger partial charge >= 0.3 is 0 Å². The highest BCUT2D eigenvalue weighted by Crippen LogP contribution is 2.14. The van der Waals surface area contributed by atoms with E-state index in [4.69, 9.17) is 0 Å². The third-order valence-electron chi connectivity index (χ3n) is 3.06. The molecular weight excluding hydrogens is 252 g/mol. The van der Waals surface area contributed by atoms with Crippen LogP contribution in [0.5, 0.6) is 0 Å². The summed E-state index contributed by atoms with van der Waals surface area (Å²) < 4.78 is 1.77. The molecule has 1 amide bonds. The van der Waals surface area contributed by atoms with Gasteiger partial charge in [0.15, 0.2) is 0 Å². The smallest absolute Gasteiger partial charge is 0.274 e. The summed E-state index contributed by atoms with van der Waals surface area (Å²) in [5.74, 6) is -0.183. The van der Waals surface area contributed by atoms with E-state index in [1.807, 2.05) is 55.7 Å². The van der Waals surface area contributed by atoms with Gasteiger partial charge in [0.1, 0.15) is 11.3 Å². The molecule has 0 aliphatic carbocycles. The Morgan fingerprint density at radius 2 is 1.90 bits per heavy atom. The fraction of sp³-hybridized carbons (Fsp3) is 0.0667. The molecule has 0 aliphatic heterocycles. The first kappa shape index (κ1) is 12.2. The van der Waals surface area contributed by atoms with Gasteiger partial charge in [-0.2, -0.15) is 0 Å². The molecule has 0 radical (unpaired) electrons. The summed E-state index contributed by atoms with van der Waals surface area (Å²) in [6.45, 7) is 0. The SMILES string of the molecule is CNc1ccc2ncc(C(=O)Nc3ccccc3)n2c1. The molecule has 0 unspecified atom stereocenters. The summed E-state index contributed by atoms with van der Waals surface area (Å²) in [4.78, 5) is 16.5. The molecule has 2 heterocycles. The Balaban J connectivity index is 1.95. The topological polar surface area (TPSA) is 58.4 Å². The molecule has 2 aromatic heterocycles. The molecule has 100 valence electrons. The van der Waals surface area contributed by atoms with E-state index in [9.17, 15) is 4.79 Å². The molecule has 5 nitrogen and oxygen atoms in total. The number of amides is 1. The van der Waals surface area contributed by atoms with Gasteiger partial charge in [-0.3, -0.25) is 9.20 Å². The molecule has 0 aliphatic rings. The molecule has 0 saturated carbocycles. The van der Waals surface area contributed by atoms with Crippen molar-refractivity contribution in [2.24, 2.45) is 0 Å². The molecule has 0 saturated heterocycles. The van der Waals surface area contributed by atoms with E-state index in [-0.39, 0.29) is 5.91 Å². The summed E-state index contributed by atoms with van der Waals surface area (Å²) >= 11 is 0. The van der Waals surface area contributed by atoms with Crippen LogP contribution in [0.2, 0.25) is 0 Å². The number of hydrogen-bond acceptors (Lipinski definition) is 3. The van der Waals surface area contributed by atoms with E-state index in [0.717, 1.165) is 17.0 Å². The van der Waals surface area contributed by atoms with Gasteiger partial charge in [-0.25, -0.2) is 4.98 Å². The first-order valence-corrected chi connectivity index (χ1v) is 6.29. The maximum atomic E-state index is 12.3. The number of carbonyl (C=O) groups excluding carboxylic acids is 1. The lowest BCUT2D eigenvalue weighted by Crippen LogP contribution is -2.14. The van der Waals surface area contributed by atoms with E-state index >= 15 is 0 Å². The number of aromatic nitrogens is 2. The van der Waals surface area contributed by atoms with Gasteiger partial charge in [0.25, 0.3) is 5.91 Å². The third-order valence-corrected chi connectivity index (χ3v) is 3.06. The number of imidazole rings is 1. The van der Waals surface area contributed by atoms with Crippen LogP contribution in [0.15, 0.2) is 54.9 Å². The number of nitrogens with one attached hydrogen (secondary N) is 2. The largest absolute Gasteiger partial charge is 0.387 e. The van der Waals surface area contributed by atoms with Crippen LogP contribution in [-0.2, 0) is 0 Å². The Morgan fingerprint density at radius 1 is 1.10 bits per heavy atom. The van der Waals surface area contributed by atoms with Crippen molar-refractivity contribution >= 4 is 22.9 Å². The van der Waals surface area contributed by atoms with Crippen LogP contribution in [0.1, 0.15) is 10.5 Å². The van der Waals surface area contributed by atoms with Crippen LogP contribution >= 0.6 is 0 Å². The highest BCUT2D eigenvalue weighted by Gasteiger charge is 2.12. The van der Waals surface area contributed by atoms with Gasteiger partial charge < -0.3 is 10.6 Å². The molecule has 0 bridgehead atoms. The van der Waals surface area contributed by atoms with Crippen molar-refractivity contribution in [3.05, 3.63) is 60.6 Å². The zero-order chi connectivity index (χ0) is 13.9. The number of anilines is 2. The van der Waals surface area contributed by atoms with Crippen molar-refractivity contribution < 1.29 is 4.79 Å². The van der Waals surface area contributed by atoms with E-state index in [1.54, 1.807) is 10.6 Å². The van der Waals surface area contributed by atoms with Gasteiger partial charge in [-0.15, -0.1) is 0 Å². The standard InChI is InChI=1S/C15H14N4O/c1-16-12-7-8-14-17-9-13(19(14)10-12)15(20)18-11-5-3-2-4-6-11/h2-10,16H,1H3,(H,18,20). The van der Waals surface area contributed by atoms with Crippen molar-refractivity contribution in [3.63, 3.8) is 0 Å². The maximum Gasteiger partial charge on any atom is 0.274 e. The third kappa shape index (κ3) is 2.21. The average molecular weight is 266 g/mol. The normalized spacial score (nSPS) is 10.4. The lowest BCUT2D eigenvalue weighted by Gasteiger charge is -2.06. The number of pyridine rings is 1. The predicted molar refractivity (Wildman–Crippen MR) is 79.1 cm³/mol. The number of fused-ring (bicyclic) bond motifs is 1. The highest BCUT2D eigenvalue weighted by molar-refractivity contribution is 6.03. The first-order chi connectivity index (χ1) is 9.78. The Bertz CT molecular complexity index is 749. The highest BCUT2D eigenvalue weighted by atomic mass is 16.1. The minimum absolute atomic E-state index is 0.183. The van der Waals surface area contributed by atoms with Crippen LogP contribution in [0.25, 0.3) is 5.65 Å². The summed E-state index contributed by atoms with van der Waals surface area (Å²) in [5, 5.41) is 5.90. The summed E-state index contributed by atoms with van der Waals surface area (Å²) in [6, 6.07) is 13.1. The predicted octanol–water partition coefficient (Wildman–Crippen LogP) is 2.63. The summed E-state index contributed by atoms with van der Waals surface area (Å²) in [7, 11) is 1.84. The van der Waals surface area contributed by atoms with Crippen molar-refractivity contribution in [1.82, 2.24) is 9.38 Å². The maximum absolute atomic E-state index is 12.3. The lowest BCUT2D eigenvalue weighted by molar-refractivity contribution is 0.102. The fourth-order valence-electron chi connectivity index (χ4n) is 2.01. The molecule has 0 fully saturated rings. The number of para-hydroxylation sites is 1. The van der Waals surface area contributed by atoms with Gasteiger partial charge in [-0.1, -0.05) is 18.2 Å². The van der Waals surface area contributed by atoms with Gasteiger partial charge in [0.05, 0.1) is 11.9 Å². The van der Waals surface area contributed by atoms with Crippen molar-refractivity contribution in [2.45, 2.75) is 0 Å². The second-order valence-corrected chi connectivity index (χ2v) is 4.36. The molecule has 5 heteroatoms. The Kier molecular flexibility index (Phi) is 3.09. The summed E-state index contributed by atoms with van der Waals surface area (Å²) in [6.07, 6.45) is 3.43. The minimum atomic E-state index is -0.183. The van der Waals surface area contributed by atoms with Gasteiger partial charge in [-0.05, 0) is 24.3 Å². The van der Waals surface area contributed by atoms with Gasteiger partial charge in [0.2, 0.25) is 0 Å². The second kappa shape index (κ2) is 5.05. The number of carbonyl (C=O) groups is 1. The monoisotopic (exact) mass is 266 g/mol. The van der Waals surface area contributed by atoms with Crippen molar-refractivity contribution in [1.29, 1.82) is 0 Å². The molecule has 20 heavy (non-hydrogen) atoms. The Hall–Kier alpha value is -2.82. The number of benzene rings is 1. The van der Waals surface area contributed by atoms with E-state index < -0.39 is 0 Å². The fourth-order valence-corrected chi connectivity index (χ4v) is 2.01. The number of rotatable bonds is 3. The summed E-state index contributed by atoms with van der Waals surface area (Å²) in [5.41, 5.74) is 2.92. The zero-order valence-corrected chi connectivity index (χ0v) is 11.0.